The van der Waals surface area contributed by atoms with E-state index in [1.807, 2.05) is 0 Å². The number of carboxylic acids is 1. The molecule has 0 bridgehead atoms. The van der Waals surface area contributed by atoms with Crippen LogP contribution in [0.4, 0.5) is 0 Å². The third-order valence-electron chi connectivity index (χ3n) is 1.19. The van der Waals surface area contributed by atoms with E-state index in [-0.39, 0.29) is 0 Å². The van der Waals surface area contributed by atoms with Crippen molar-refractivity contribution in [1.82, 2.24) is 0 Å². The molecule has 0 amide bonds. The number of nitrogens with zero attached hydrogens (tertiary/aromatic N) is 1. The molecule has 1 aromatic heterocycles. The Morgan fingerprint density at radius 3 is 2.80 bits per heavy atom. The van der Waals surface area contributed by atoms with Crippen LogP contribution in [0.3, 0.4) is 0 Å². The van der Waals surface area contributed by atoms with Gasteiger partial charge in [-0.05, 0) is 6.07 Å². The second-order valence-electron chi connectivity index (χ2n) is 2.06. The lowest BCUT2D eigenvalue weighted by atomic mass is 10.3. The summed E-state index contributed by atoms with van der Waals surface area (Å²) in [6.07, 6.45) is 3.34. The fraction of sp³-hybridized carbons (Fsp3) is 0.143. The summed E-state index contributed by atoms with van der Waals surface area (Å²) in [5.74, 6) is -0.892. The second kappa shape index (κ2) is 2.47. The van der Waals surface area contributed by atoms with Crippen LogP contribution >= 0.6 is 0 Å². The quantitative estimate of drug-likeness (QED) is 0.563. The number of aromatic nitrogens is 1. The first-order valence-electron chi connectivity index (χ1n) is 2.89. The van der Waals surface area contributed by atoms with Gasteiger partial charge in [0.2, 0.25) is 0 Å². The van der Waals surface area contributed by atoms with Gasteiger partial charge in [0.15, 0.2) is 12.4 Å². The lowest BCUT2D eigenvalue weighted by Gasteiger charge is -1.88. The molecule has 0 aliphatic heterocycles. The summed E-state index contributed by atoms with van der Waals surface area (Å²) < 4.78 is 1.70. The van der Waals surface area contributed by atoms with Gasteiger partial charge in [0.05, 0.1) is 0 Å². The minimum Gasteiger partial charge on any atom is -0.477 e. The number of rotatable bonds is 1. The van der Waals surface area contributed by atoms with Crippen LogP contribution in [-0.4, -0.2) is 11.1 Å². The largest absolute Gasteiger partial charge is 0.477 e. The van der Waals surface area contributed by atoms with Crippen molar-refractivity contribution in [2.24, 2.45) is 7.05 Å². The molecule has 0 aliphatic carbocycles. The van der Waals surface area contributed by atoms with Crippen molar-refractivity contribution >= 4 is 5.97 Å². The number of hydrogen-bond donors (Lipinski definition) is 1. The van der Waals surface area contributed by atoms with Crippen LogP contribution in [0.5, 0.6) is 0 Å². The lowest BCUT2D eigenvalue weighted by molar-refractivity contribution is -0.671. The summed E-state index contributed by atoms with van der Waals surface area (Å²) >= 11 is 0. The van der Waals surface area contributed by atoms with Gasteiger partial charge in [-0.25, -0.2) is 9.36 Å². The fourth-order valence-electron chi connectivity index (χ4n) is 0.714. The minimum absolute atomic E-state index is 0.310. The van der Waals surface area contributed by atoms with Crippen LogP contribution in [0, 0.1) is 0 Å². The number of hydrogen-bond acceptors (Lipinski definition) is 1. The highest BCUT2D eigenvalue weighted by Gasteiger charge is 2.04. The van der Waals surface area contributed by atoms with Crippen molar-refractivity contribution < 1.29 is 14.5 Å². The number of aromatic carboxylic acids is 1. The molecule has 10 heavy (non-hydrogen) atoms. The molecule has 0 aliphatic rings. The Morgan fingerprint density at radius 1 is 1.70 bits per heavy atom. The van der Waals surface area contributed by atoms with Crippen LogP contribution in [0.15, 0.2) is 24.5 Å². The molecule has 1 rings (SSSR count). The number of aryl methyl sites for hydroxylation is 1. The molecule has 0 unspecified atom stereocenters. The third kappa shape index (κ3) is 1.31. The van der Waals surface area contributed by atoms with Crippen molar-refractivity contribution in [3.8, 4) is 0 Å². The van der Waals surface area contributed by atoms with Gasteiger partial charge in [0.1, 0.15) is 12.6 Å². The molecule has 1 aromatic rings. The SMILES string of the molecule is C[n+]1cccc(C(=O)O)c1. The average molecular weight is 138 g/mol. The molecular formula is C7H8NO2+. The number of carbonyl (C=O) groups is 1. The zero-order chi connectivity index (χ0) is 7.56. The maximum Gasteiger partial charge on any atom is 0.341 e. The topological polar surface area (TPSA) is 41.2 Å². The first kappa shape index (κ1) is 6.74. The lowest BCUT2D eigenvalue weighted by Crippen LogP contribution is -2.27. The van der Waals surface area contributed by atoms with E-state index in [9.17, 15) is 4.79 Å². The van der Waals surface area contributed by atoms with Gasteiger partial charge in [-0.3, -0.25) is 0 Å². The molecule has 0 saturated carbocycles. The highest BCUT2D eigenvalue weighted by Crippen LogP contribution is 1.91. The second-order valence-corrected chi connectivity index (χ2v) is 2.06. The summed E-state index contributed by atoms with van der Waals surface area (Å²) in [6, 6.07) is 3.26. The monoisotopic (exact) mass is 138 g/mol. The van der Waals surface area contributed by atoms with Gasteiger partial charge < -0.3 is 5.11 Å². The normalized spacial score (nSPS) is 9.30. The first-order chi connectivity index (χ1) is 4.70. The Morgan fingerprint density at radius 2 is 2.40 bits per heavy atom. The van der Waals surface area contributed by atoms with Gasteiger partial charge in [0, 0.05) is 6.07 Å². The van der Waals surface area contributed by atoms with E-state index in [0.717, 1.165) is 0 Å². The highest BCUT2D eigenvalue weighted by atomic mass is 16.4. The van der Waals surface area contributed by atoms with Crippen LogP contribution in [0.2, 0.25) is 0 Å². The predicted octanol–water partition coefficient (Wildman–Crippen LogP) is 0.209. The van der Waals surface area contributed by atoms with E-state index >= 15 is 0 Å². The maximum atomic E-state index is 10.3. The molecular weight excluding hydrogens is 130 g/mol. The number of carboxylic acid groups (broad SMARTS) is 1. The van der Waals surface area contributed by atoms with E-state index in [0.29, 0.717) is 5.56 Å². The van der Waals surface area contributed by atoms with E-state index in [1.54, 1.807) is 36.1 Å². The fourth-order valence-corrected chi connectivity index (χ4v) is 0.714. The molecule has 3 nitrogen and oxygen atoms in total. The van der Waals surface area contributed by atoms with Gasteiger partial charge in [-0.15, -0.1) is 0 Å². The smallest absolute Gasteiger partial charge is 0.341 e. The van der Waals surface area contributed by atoms with Crippen molar-refractivity contribution in [1.29, 1.82) is 0 Å². The minimum atomic E-state index is -0.892. The van der Waals surface area contributed by atoms with Crippen LogP contribution < -0.4 is 4.57 Å². The van der Waals surface area contributed by atoms with Gasteiger partial charge in [-0.1, -0.05) is 0 Å². The third-order valence-corrected chi connectivity index (χ3v) is 1.19. The Kier molecular flexibility index (Phi) is 1.67. The molecule has 52 valence electrons. The molecule has 0 aromatic carbocycles. The molecule has 3 heteroatoms. The average Bonchev–Trinajstić information content (AvgIpc) is 1.88. The van der Waals surface area contributed by atoms with Gasteiger partial charge in [0.25, 0.3) is 0 Å². The van der Waals surface area contributed by atoms with E-state index in [2.05, 4.69) is 0 Å². The Balaban J connectivity index is 3.07. The molecule has 1 N–H and O–H groups in total. The summed E-state index contributed by atoms with van der Waals surface area (Å²) in [7, 11) is 1.78. The molecule has 1 heterocycles. The van der Waals surface area contributed by atoms with Crippen molar-refractivity contribution in [2.45, 2.75) is 0 Å². The predicted molar refractivity (Wildman–Crippen MR) is 34.6 cm³/mol. The Hall–Kier alpha value is -1.38. The summed E-state index contributed by atoms with van der Waals surface area (Å²) in [4.78, 5) is 10.3. The van der Waals surface area contributed by atoms with E-state index < -0.39 is 5.97 Å². The van der Waals surface area contributed by atoms with E-state index in [1.165, 1.54) is 0 Å². The molecule has 0 fully saturated rings. The zero-order valence-corrected chi connectivity index (χ0v) is 5.61. The summed E-state index contributed by atoms with van der Waals surface area (Å²) in [5, 5.41) is 8.50. The van der Waals surface area contributed by atoms with Gasteiger partial charge >= 0.3 is 5.97 Å². The molecule has 0 atom stereocenters. The van der Waals surface area contributed by atoms with E-state index in [4.69, 9.17) is 5.11 Å². The zero-order valence-electron chi connectivity index (χ0n) is 5.61. The van der Waals surface area contributed by atoms with Crippen LogP contribution in [-0.2, 0) is 7.05 Å². The van der Waals surface area contributed by atoms with Crippen molar-refractivity contribution in [2.75, 3.05) is 0 Å². The Labute approximate surface area is 58.5 Å². The standard InChI is InChI=1S/C7H7NO2/c1-8-4-2-3-6(5-8)7(9)10/h2-5H,1H3/p+1. The maximum absolute atomic E-state index is 10.3. The molecule has 0 spiro atoms. The highest BCUT2D eigenvalue weighted by molar-refractivity contribution is 5.86. The van der Waals surface area contributed by atoms with Crippen molar-refractivity contribution in [3.63, 3.8) is 0 Å². The van der Waals surface area contributed by atoms with Gasteiger partial charge in [-0.2, -0.15) is 0 Å². The Bertz CT molecular complexity index is 258. The molecule has 0 radical (unpaired) electrons. The summed E-state index contributed by atoms with van der Waals surface area (Å²) in [6.45, 7) is 0. The first-order valence-corrected chi connectivity index (χ1v) is 2.89. The van der Waals surface area contributed by atoms with Crippen LogP contribution in [0.1, 0.15) is 10.4 Å². The number of pyridine rings is 1. The molecule has 0 saturated heterocycles. The van der Waals surface area contributed by atoms with Crippen LogP contribution in [0.25, 0.3) is 0 Å². The summed E-state index contributed by atoms with van der Waals surface area (Å²) in [5.41, 5.74) is 0.310. The van der Waals surface area contributed by atoms with Crippen molar-refractivity contribution in [3.05, 3.63) is 30.1 Å².